The Morgan fingerprint density at radius 2 is 1.33 bits per heavy atom. The number of hydrogen-bond donors (Lipinski definition) is 0. The van der Waals surface area contributed by atoms with Crippen LogP contribution < -0.4 is 9.80 Å². The molecule has 0 saturated carbocycles. The molecule has 7 heteroatoms. The average Bonchev–Trinajstić information content (AvgIpc) is 3.42. The Labute approximate surface area is 177 Å². The molecule has 5 rings (SSSR count). The topological polar surface area (TPSA) is 60.9 Å². The number of fused-ring (bicyclic) bond motifs is 1. The van der Waals surface area contributed by atoms with Crippen LogP contribution in [0.3, 0.4) is 0 Å². The predicted molar refractivity (Wildman–Crippen MR) is 116 cm³/mol. The van der Waals surface area contributed by atoms with Gasteiger partial charge >= 0.3 is 0 Å². The minimum absolute atomic E-state index is 0.0885. The highest BCUT2D eigenvalue weighted by Gasteiger charge is 2.36. The quantitative estimate of drug-likeness (QED) is 0.612. The van der Waals surface area contributed by atoms with Crippen molar-refractivity contribution in [2.45, 2.75) is 0 Å². The van der Waals surface area contributed by atoms with Crippen LogP contribution in [0.25, 0.3) is 0 Å². The van der Waals surface area contributed by atoms with Gasteiger partial charge in [-0.2, -0.15) is 0 Å². The zero-order valence-electron chi connectivity index (χ0n) is 16.2. The summed E-state index contributed by atoms with van der Waals surface area (Å²) in [6, 6.07) is 18.1. The molecule has 2 aliphatic rings. The largest absolute Gasteiger partial charge is 0.368 e. The molecule has 3 amide bonds. The Morgan fingerprint density at radius 3 is 1.90 bits per heavy atom. The normalized spacial score (nSPS) is 16.2. The lowest BCUT2D eigenvalue weighted by molar-refractivity contribution is 0.0751. The molecule has 6 nitrogen and oxygen atoms in total. The minimum atomic E-state index is -0.288. The maximum absolute atomic E-state index is 12.6. The molecule has 2 aromatic carbocycles. The second kappa shape index (κ2) is 7.42. The van der Waals surface area contributed by atoms with E-state index in [-0.39, 0.29) is 17.7 Å². The van der Waals surface area contributed by atoms with Crippen LogP contribution in [0.2, 0.25) is 0 Å². The second-order valence-electron chi connectivity index (χ2n) is 7.26. The van der Waals surface area contributed by atoms with Gasteiger partial charge in [0.05, 0.1) is 21.7 Å². The lowest BCUT2D eigenvalue weighted by atomic mass is 10.1. The van der Waals surface area contributed by atoms with Crippen LogP contribution in [-0.2, 0) is 0 Å². The number of piperazine rings is 1. The summed E-state index contributed by atoms with van der Waals surface area (Å²) in [7, 11) is 0. The Morgan fingerprint density at radius 1 is 0.733 bits per heavy atom. The summed E-state index contributed by atoms with van der Waals surface area (Å²) in [6.07, 6.45) is 0. The molecule has 1 aromatic heterocycles. The van der Waals surface area contributed by atoms with Crippen molar-refractivity contribution in [2.24, 2.45) is 0 Å². The summed E-state index contributed by atoms with van der Waals surface area (Å²) in [5.41, 5.74) is 2.46. The molecule has 3 heterocycles. The smallest absolute Gasteiger partial charge is 0.266 e. The van der Waals surface area contributed by atoms with Gasteiger partial charge in [-0.15, -0.1) is 11.3 Å². The van der Waals surface area contributed by atoms with E-state index in [1.165, 1.54) is 16.2 Å². The van der Waals surface area contributed by atoms with Crippen molar-refractivity contribution in [3.63, 3.8) is 0 Å². The maximum atomic E-state index is 12.6. The monoisotopic (exact) mass is 417 g/mol. The molecule has 3 aromatic rings. The fourth-order valence-corrected chi connectivity index (χ4v) is 4.65. The fraction of sp³-hybridized carbons (Fsp3) is 0.174. The van der Waals surface area contributed by atoms with Gasteiger partial charge in [0, 0.05) is 31.9 Å². The Balaban J connectivity index is 1.27. The summed E-state index contributed by atoms with van der Waals surface area (Å²) >= 11 is 1.47. The van der Waals surface area contributed by atoms with Gasteiger partial charge in [-0.3, -0.25) is 14.4 Å². The van der Waals surface area contributed by atoms with Crippen molar-refractivity contribution in [1.29, 1.82) is 0 Å². The van der Waals surface area contributed by atoms with Crippen molar-refractivity contribution in [3.05, 3.63) is 82.0 Å². The summed E-state index contributed by atoms with van der Waals surface area (Å²) in [6.45, 7) is 2.81. The third kappa shape index (κ3) is 3.07. The fourth-order valence-electron chi connectivity index (χ4n) is 3.96. The average molecular weight is 417 g/mol. The molecule has 0 bridgehead atoms. The van der Waals surface area contributed by atoms with E-state index in [0.717, 1.165) is 23.7 Å². The second-order valence-corrected chi connectivity index (χ2v) is 8.21. The molecule has 150 valence electrons. The van der Waals surface area contributed by atoms with E-state index in [0.29, 0.717) is 29.9 Å². The molecular weight excluding hydrogens is 398 g/mol. The standard InChI is InChI=1S/C23H19N3O3S/c27-21-18-4-1-2-5-19(18)22(28)26(21)17-9-7-16(8-10-17)24-11-13-25(14-12-24)23(29)20-6-3-15-30-20/h1-10,15H,11-14H2. The molecule has 0 unspecified atom stereocenters. The summed E-state index contributed by atoms with van der Waals surface area (Å²) in [5, 5.41) is 1.92. The highest BCUT2D eigenvalue weighted by atomic mass is 32.1. The first kappa shape index (κ1) is 18.6. The van der Waals surface area contributed by atoms with Gasteiger partial charge < -0.3 is 9.80 Å². The Bertz CT molecular complexity index is 1080. The maximum Gasteiger partial charge on any atom is 0.266 e. The van der Waals surface area contributed by atoms with Crippen molar-refractivity contribution < 1.29 is 14.4 Å². The number of carbonyl (C=O) groups is 3. The summed E-state index contributed by atoms with van der Waals surface area (Å²) < 4.78 is 0. The van der Waals surface area contributed by atoms with Gasteiger partial charge in [0.25, 0.3) is 17.7 Å². The van der Waals surface area contributed by atoms with Crippen molar-refractivity contribution in [2.75, 3.05) is 36.0 Å². The number of rotatable bonds is 3. The first-order valence-corrected chi connectivity index (χ1v) is 10.7. The number of thiophene rings is 1. The molecular formula is C23H19N3O3S. The first-order chi connectivity index (χ1) is 14.6. The van der Waals surface area contributed by atoms with Crippen LogP contribution in [-0.4, -0.2) is 48.8 Å². The van der Waals surface area contributed by atoms with E-state index in [1.54, 1.807) is 36.4 Å². The van der Waals surface area contributed by atoms with Crippen LogP contribution >= 0.6 is 11.3 Å². The van der Waals surface area contributed by atoms with Gasteiger partial charge in [0.1, 0.15) is 0 Å². The number of amides is 3. The zero-order valence-corrected chi connectivity index (χ0v) is 17.0. The van der Waals surface area contributed by atoms with Gasteiger partial charge in [-0.1, -0.05) is 18.2 Å². The van der Waals surface area contributed by atoms with Gasteiger partial charge in [0.15, 0.2) is 0 Å². The molecule has 30 heavy (non-hydrogen) atoms. The first-order valence-electron chi connectivity index (χ1n) is 9.79. The van der Waals surface area contributed by atoms with Gasteiger partial charge in [0.2, 0.25) is 0 Å². The number of imide groups is 1. The van der Waals surface area contributed by atoms with Crippen LogP contribution in [0.4, 0.5) is 11.4 Å². The highest BCUT2D eigenvalue weighted by molar-refractivity contribution is 7.12. The van der Waals surface area contributed by atoms with E-state index >= 15 is 0 Å². The number of anilines is 2. The van der Waals surface area contributed by atoms with E-state index in [9.17, 15) is 14.4 Å². The van der Waals surface area contributed by atoms with E-state index < -0.39 is 0 Å². The van der Waals surface area contributed by atoms with E-state index in [4.69, 9.17) is 0 Å². The van der Waals surface area contributed by atoms with Crippen LogP contribution in [0, 0.1) is 0 Å². The molecule has 1 fully saturated rings. The number of benzene rings is 2. The van der Waals surface area contributed by atoms with Crippen LogP contribution in [0.5, 0.6) is 0 Å². The summed E-state index contributed by atoms with van der Waals surface area (Å²) in [5.74, 6) is -0.487. The molecule has 2 aliphatic heterocycles. The number of hydrogen-bond acceptors (Lipinski definition) is 5. The van der Waals surface area contributed by atoms with Crippen molar-refractivity contribution in [1.82, 2.24) is 4.90 Å². The SMILES string of the molecule is O=C(c1cccs1)N1CCN(c2ccc(N3C(=O)c4ccccc4C3=O)cc2)CC1. The number of nitrogens with zero attached hydrogens (tertiary/aromatic N) is 3. The Hall–Kier alpha value is -3.45. The lowest BCUT2D eigenvalue weighted by Gasteiger charge is -2.36. The van der Waals surface area contributed by atoms with E-state index in [1.807, 2.05) is 34.5 Å². The van der Waals surface area contributed by atoms with E-state index in [2.05, 4.69) is 4.90 Å². The van der Waals surface area contributed by atoms with Crippen molar-refractivity contribution >= 4 is 40.4 Å². The summed E-state index contributed by atoms with van der Waals surface area (Å²) in [4.78, 5) is 43.9. The van der Waals surface area contributed by atoms with Gasteiger partial charge in [-0.05, 0) is 47.8 Å². The number of carbonyl (C=O) groups excluding carboxylic acids is 3. The predicted octanol–water partition coefficient (Wildman–Crippen LogP) is 3.51. The molecule has 0 spiro atoms. The lowest BCUT2D eigenvalue weighted by Crippen LogP contribution is -2.48. The van der Waals surface area contributed by atoms with Crippen molar-refractivity contribution in [3.8, 4) is 0 Å². The van der Waals surface area contributed by atoms with Crippen LogP contribution in [0.1, 0.15) is 30.4 Å². The highest BCUT2D eigenvalue weighted by Crippen LogP contribution is 2.30. The minimum Gasteiger partial charge on any atom is -0.368 e. The Kier molecular flexibility index (Phi) is 4.59. The molecule has 0 radical (unpaired) electrons. The molecule has 1 saturated heterocycles. The zero-order chi connectivity index (χ0) is 20.7. The van der Waals surface area contributed by atoms with Gasteiger partial charge in [-0.25, -0.2) is 4.90 Å². The third-order valence-electron chi connectivity index (χ3n) is 5.57. The molecule has 0 N–H and O–H groups in total. The van der Waals surface area contributed by atoms with Crippen LogP contribution in [0.15, 0.2) is 66.0 Å². The molecule has 0 atom stereocenters. The third-order valence-corrected chi connectivity index (χ3v) is 6.42. The molecule has 0 aliphatic carbocycles.